The molecule has 1 aliphatic rings. The number of hydrogen-bond donors (Lipinski definition) is 1. The first-order valence-corrected chi connectivity index (χ1v) is 9.98. The van der Waals surface area contributed by atoms with Crippen LogP contribution >= 0.6 is 0 Å². The molecule has 0 bridgehead atoms. The van der Waals surface area contributed by atoms with Crippen LogP contribution in [0.2, 0.25) is 0 Å². The smallest absolute Gasteiger partial charge is 0.330 e. The van der Waals surface area contributed by atoms with Crippen molar-refractivity contribution in [3.05, 3.63) is 112 Å². The molecule has 0 atom stereocenters. The largest absolute Gasteiger partial charge is 0.466 e. The van der Waals surface area contributed by atoms with E-state index < -0.39 is 0 Å². The maximum atomic E-state index is 11.2. The minimum absolute atomic E-state index is 0.184. The molecule has 3 aromatic rings. The van der Waals surface area contributed by atoms with Gasteiger partial charge in [0.15, 0.2) is 0 Å². The van der Waals surface area contributed by atoms with Gasteiger partial charge in [0, 0.05) is 12.6 Å². The summed E-state index contributed by atoms with van der Waals surface area (Å²) in [5.74, 6) is -0.346. The van der Waals surface area contributed by atoms with Crippen molar-refractivity contribution in [3.63, 3.8) is 0 Å². The van der Waals surface area contributed by atoms with Gasteiger partial charge in [-0.3, -0.25) is 0 Å². The average Bonchev–Trinajstić information content (AvgIpc) is 2.93. The van der Waals surface area contributed by atoms with Crippen LogP contribution in [0.15, 0.2) is 78.9 Å². The summed E-state index contributed by atoms with van der Waals surface area (Å²) in [4.78, 5) is 11.2. The van der Waals surface area contributed by atoms with E-state index >= 15 is 0 Å². The monoisotopic (exact) mass is 383 g/mol. The fraction of sp³-hybridized carbons (Fsp3) is 0.192. The molecule has 3 heteroatoms. The third-order valence-corrected chi connectivity index (χ3v) is 5.50. The Morgan fingerprint density at radius 3 is 2.10 bits per heavy atom. The molecule has 0 aromatic heterocycles. The predicted molar refractivity (Wildman–Crippen MR) is 116 cm³/mol. The quantitative estimate of drug-likeness (QED) is 0.506. The maximum Gasteiger partial charge on any atom is 0.330 e. The lowest BCUT2D eigenvalue weighted by atomic mass is 9.94. The molecule has 146 valence electrons. The molecule has 0 radical (unpaired) electrons. The molecule has 0 fully saturated rings. The van der Waals surface area contributed by atoms with Crippen molar-refractivity contribution in [2.75, 3.05) is 7.11 Å². The maximum absolute atomic E-state index is 11.2. The van der Waals surface area contributed by atoms with Crippen LogP contribution in [0.1, 0.15) is 39.4 Å². The lowest BCUT2D eigenvalue weighted by Crippen LogP contribution is -2.23. The van der Waals surface area contributed by atoms with Gasteiger partial charge in [-0.25, -0.2) is 4.79 Å². The van der Waals surface area contributed by atoms with Gasteiger partial charge in [0.05, 0.1) is 13.2 Å². The molecular weight excluding hydrogens is 358 g/mol. The van der Waals surface area contributed by atoms with Crippen molar-refractivity contribution >= 4 is 12.0 Å². The molecule has 1 N–H and O–H groups in total. The minimum Gasteiger partial charge on any atom is -0.466 e. The van der Waals surface area contributed by atoms with Crippen LogP contribution in [-0.4, -0.2) is 13.1 Å². The standard InChI is InChI=1S/C26H25NO2/c1-29-25(28)17-14-19-10-12-20(13-11-19)18-27-26-23-8-4-2-6-21(23)15-16-22-7-3-5-9-24(22)26/h2-14,17,26-27H,15-16,18H2,1H3. The summed E-state index contributed by atoms with van der Waals surface area (Å²) in [6, 6.07) is 25.9. The van der Waals surface area contributed by atoms with Crippen molar-refractivity contribution in [2.24, 2.45) is 0 Å². The summed E-state index contributed by atoms with van der Waals surface area (Å²) in [6.07, 6.45) is 5.35. The first-order valence-electron chi connectivity index (χ1n) is 9.98. The molecule has 0 aliphatic heterocycles. The van der Waals surface area contributed by atoms with Crippen LogP contribution in [0.3, 0.4) is 0 Å². The van der Waals surface area contributed by atoms with Gasteiger partial charge in [-0.2, -0.15) is 0 Å². The van der Waals surface area contributed by atoms with Gasteiger partial charge in [0.1, 0.15) is 0 Å². The van der Waals surface area contributed by atoms with E-state index in [9.17, 15) is 4.79 Å². The molecule has 29 heavy (non-hydrogen) atoms. The van der Waals surface area contributed by atoms with Gasteiger partial charge >= 0.3 is 5.97 Å². The van der Waals surface area contributed by atoms with Crippen molar-refractivity contribution in [2.45, 2.75) is 25.4 Å². The van der Waals surface area contributed by atoms with Gasteiger partial charge in [0.2, 0.25) is 0 Å². The Morgan fingerprint density at radius 1 is 0.931 bits per heavy atom. The van der Waals surface area contributed by atoms with E-state index in [-0.39, 0.29) is 12.0 Å². The SMILES string of the molecule is COC(=O)C=Cc1ccc(CNC2c3ccccc3CCc3ccccc32)cc1. The molecule has 0 saturated heterocycles. The third kappa shape index (κ3) is 4.47. The molecule has 0 saturated carbocycles. The number of rotatable bonds is 5. The number of esters is 1. The number of carbonyl (C=O) groups excluding carboxylic acids is 1. The topological polar surface area (TPSA) is 38.3 Å². The van der Waals surface area contributed by atoms with Crippen LogP contribution in [0.25, 0.3) is 6.08 Å². The Labute approximate surface area is 172 Å². The molecule has 0 amide bonds. The summed E-state index contributed by atoms with van der Waals surface area (Å²) in [7, 11) is 1.38. The van der Waals surface area contributed by atoms with E-state index in [0.717, 1.165) is 24.9 Å². The van der Waals surface area contributed by atoms with Gasteiger partial charge in [-0.1, -0.05) is 72.8 Å². The van der Waals surface area contributed by atoms with Crippen molar-refractivity contribution in [1.29, 1.82) is 0 Å². The number of methoxy groups -OCH3 is 1. The average molecular weight is 383 g/mol. The normalized spacial score (nSPS) is 13.6. The Hall–Kier alpha value is -3.17. The first-order chi connectivity index (χ1) is 14.2. The van der Waals surface area contributed by atoms with E-state index in [1.165, 1.54) is 41.0 Å². The van der Waals surface area contributed by atoms with Crippen LogP contribution in [0, 0.1) is 0 Å². The highest BCUT2D eigenvalue weighted by molar-refractivity contribution is 5.86. The van der Waals surface area contributed by atoms with E-state index in [1.807, 2.05) is 12.1 Å². The summed E-state index contributed by atoms with van der Waals surface area (Å²) >= 11 is 0. The number of fused-ring (bicyclic) bond motifs is 2. The number of nitrogens with one attached hydrogen (secondary N) is 1. The van der Waals surface area contributed by atoms with Crippen LogP contribution in [-0.2, 0) is 28.9 Å². The number of carbonyl (C=O) groups is 1. The molecule has 0 unspecified atom stereocenters. The summed E-state index contributed by atoms with van der Waals surface area (Å²) in [5.41, 5.74) is 7.77. The lowest BCUT2D eigenvalue weighted by molar-refractivity contribution is -0.134. The second-order valence-corrected chi connectivity index (χ2v) is 7.31. The lowest BCUT2D eigenvalue weighted by Gasteiger charge is -2.22. The second-order valence-electron chi connectivity index (χ2n) is 7.31. The van der Waals surface area contributed by atoms with E-state index in [1.54, 1.807) is 6.08 Å². The fourth-order valence-corrected chi connectivity index (χ4v) is 3.94. The molecule has 3 nitrogen and oxygen atoms in total. The van der Waals surface area contributed by atoms with Crippen molar-refractivity contribution in [1.82, 2.24) is 5.32 Å². The van der Waals surface area contributed by atoms with Gasteiger partial charge in [0.25, 0.3) is 0 Å². The number of hydrogen-bond acceptors (Lipinski definition) is 3. The zero-order chi connectivity index (χ0) is 20.1. The van der Waals surface area contributed by atoms with Gasteiger partial charge in [-0.05, 0) is 52.3 Å². The van der Waals surface area contributed by atoms with Crippen LogP contribution < -0.4 is 5.32 Å². The third-order valence-electron chi connectivity index (χ3n) is 5.50. The van der Waals surface area contributed by atoms with E-state index in [0.29, 0.717) is 0 Å². The highest BCUT2D eigenvalue weighted by Crippen LogP contribution is 2.32. The molecule has 1 aliphatic carbocycles. The zero-order valence-corrected chi connectivity index (χ0v) is 16.6. The fourth-order valence-electron chi connectivity index (χ4n) is 3.94. The minimum atomic E-state index is -0.346. The molecule has 4 rings (SSSR count). The number of benzene rings is 3. The Kier molecular flexibility index (Phi) is 5.87. The molecule has 0 heterocycles. The molecule has 0 spiro atoms. The number of ether oxygens (including phenoxy) is 1. The summed E-state index contributed by atoms with van der Waals surface area (Å²) in [6.45, 7) is 0.772. The van der Waals surface area contributed by atoms with Crippen LogP contribution in [0.4, 0.5) is 0 Å². The Morgan fingerprint density at radius 2 is 1.52 bits per heavy atom. The molecular formula is C26H25NO2. The summed E-state index contributed by atoms with van der Waals surface area (Å²) in [5, 5.41) is 3.78. The van der Waals surface area contributed by atoms with Crippen molar-refractivity contribution in [3.8, 4) is 0 Å². The second kappa shape index (κ2) is 8.89. The van der Waals surface area contributed by atoms with Gasteiger partial charge in [-0.15, -0.1) is 0 Å². The predicted octanol–water partition coefficient (Wildman–Crippen LogP) is 4.85. The van der Waals surface area contributed by atoms with Crippen molar-refractivity contribution < 1.29 is 9.53 Å². The zero-order valence-electron chi connectivity index (χ0n) is 16.6. The van der Waals surface area contributed by atoms with Gasteiger partial charge < -0.3 is 10.1 Å². The van der Waals surface area contributed by atoms with Crippen LogP contribution in [0.5, 0.6) is 0 Å². The van der Waals surface area contributed by atoms with E-state index in [4.69, 9.17) is 0 Å². The van der Waals surface area contributed by atoms with E-state index in [2.05, 4.69) is 70.7 Å². The first kappa shape index (κ1) is 19.2. The summed E-state index contributed by atoms with van der Waals surface area (Å²) < 4.78 is 4.63. The molecule has 3 aromatic carbocycles. The Bertz CT molecular complexity index is 973. The number of aryl methyl sites for hydroxylation is 2. The Balaban J connectivity index is 1.54. The highest BCUT2D eigenvalue weighted by Gasteiger charge is 2.22. The highest BCUT2D eigenvalue weighted by atomic mass is 16.5.